The van der Waals surface area contributed by atoms with E-state index in [0.717, 1.165) is 0 Å². The summed E-state index contributed by atoms with van der Waals surface area (Å²) in [7, 11) is 0. The number of benzene rings is 1. The first-order valence-electron chi connectivity index (χ1n) is 4.70. The average molecular weight is 364 g/mol. The molecule has 0 bridgehead atoms. The van der Waals surface area contributed by atoms with Crippen molar-refractivity contribution in [2.75, 3.05) is 0 Å². The average Bonchev–Trinajstić information content (AvgIpc) is 2.20. The minimum atomic E-state index is -1.20. The summed E-state index contributed by atoms with van der Waals surface area (Å²) in [5, 5.41) is 0. The highest BCUT2D eigenvalue weighted by Gasteiger charge is 2.08. The van der Waals surface area contributed by atoms with E-state index in [1.807, 2.05) is 0 Å². The summed E-state index contributed by atoms with van der Waals surface area (Å²) >= 11 is 18.2. The molecule has 0 aromatic heterocycles. The normalized spacial score (nSPS) is 10.1. The zero-order chi connectivity index (χ0) is 13.0. The van der Waals surface area contributed by atoms with Gasteiger partial charge in [-0.3, -0.25) is 0 Å². The molecule has 0 fully saturated rings. The highest BCUT2D eigenvalue weighted by atomic mass is 79.9. The summed E-state index contributed by atoms with van der Waals surface area (Å²) in [4.78, 5) is 0. The molecule has 0 aliphatic rings. The van der Waals surface area contributed by atoms with E-state index in [-0.39, 0.29) is 0 Å². The molecule has 16 heavy (non-hydrogen) atoms. The number of rotatable bonds is 0. The van der Waals surface area contributed by atoms with E-state index in [0.29, 0.717) is 0 Å². The van der Waals surface area contributed by atoms with Crippen LogP contribution in [-0.2, 0) is 0 Å². The van der Waals surface area contributed by atoms with E-state index in [4.69, 9.17) is 33.7 Å². The molecule has 0 nitrogen and oxygen atoms in total. The zero-order valence-corrected chi connectivity index (χ0v) is 14.7. The summed E-state index contributed by atoms with van der Waals surface area (Å²) in [5.74, 6) is -1.20. The Balaban J connectivity index is 0.000000487. The van der Waals surface area contributed by atoms with Gasteiger partial charge in [-0.1, -0.05) is 49.7 Å². The van der Waals surface area contributed by atoms with Gasteiger partial charge in [0.1, 0.15) is 0 Å². The lowest BCUT2D eigenvalue weighted by Crippen LogP contribution is -1.96. The van der Waals surface area contributed by atoms with Crippen LogP contribution in [0, 0.1) is 34.6 Å². The molecule has 0 aliphatic carbocycles. The van der Waals surface area contributed by atoms with Crippen molar-refractivity contribution < 1.29 is 0 Å². The molecule has 0 N–H and O–H groups in total. The predicted molar refractivity (Wildman–Crippen MR) is 82.3 cm³/mol. The lowest BCUT2D eigenvalue weighted by molar-refractivity contribution is 1.16. The molecule has 1 rings (SSSR count). The molecule has 5 heteroatoms. The molecule has 0 saturated heterocycles. The van der Waals surface area contributed by atoms with Crippen molar-refractivity contribution in [3.8, 4) is 0 Å². The van der Waals surface area contributed by atoms with E-state index in [1.165, 1.54) is 32.3 Å². The molecule has 0 spiro atoms. The second kappa shape index (κ2) is 7.44. The van der Waals surface area contributed by atoms with Gasteiger partial charge in [0.05, 0.1) is 0 Å². The van der Waals surface area contributed by atoms with Gasteiger partial charge in [0, 0.05) is 4.47 Å². The third-order valence-electron chi connectivity index (χ3n) is 2.91. The molecule has 92 valence electrons. The second-order valence-corrected chi connectivity index (χ2v) is 9.41. The van der Waals surface area contributed by atoms with Crippen LogP contribution in [0.3, 0.4) is 0 Å². The van der Waals surface area contributed by atoms with Crippen LogP contribution in [0.4, 0.5) is 0 Å². The fourth-order valence-electron chi connectivity index (χ4n) is 1.45. The van der Waals surface area contributed by atoms with Gasteiger partial charge in [-0.05, 0) is 62.4 Å². The van der Waals surface area contributed by atoms with Crippen molar-refractivity contribution >= 4 is 55.6 Å². The summed E-state index contributed by atoms with van der Waals surface area (Å²) in [6, 6.07) is 0. The SMILES string of the molecule is Cc1c(C)c(C)c(Br)c(C)c1C.ClP(Cl)Cl. The molecule has 0 saturated carbocycles. The van der Waals surface area contributed by atoms with Crippen molar-refractivity contribution in [3.05, 3.63) is 32.3 Å². The maximum Gasteiger partial charge on any atom is 0.179 e. The standard InChI is InChI=1S/C11H15Br.Cl3P/c1-6-7(2)9(4)11(12)10(5)8(6)3;1-4(2)3/h1-5H3;. The first-order valence-corrected chi connectivity index (χ1v) is 9.55. The summed E-state index contributed by atoms with van der Waals surface area (Å²) in [6.07, 6.45) is 0. The van der Waals surface area contributed by atoms with Gasteiger partial charge >= 0.3 is 0 Å². The monoisotopic (exact) mass is 362 g/mol. The number of halogens is 4. The van der Waals surface area contributed by atoms with Gasteiger partial charge in [0.25, 0.3) is 0 Å². The van der Waals surface area contributed by atoms with Crippen LogP contribution in [0.1, 0.15) is 27.8 Å². The lowest BCUT2D eigenvalue weighted by Gasteiger charge is -2.14. The maximum absolute atomic E-state index is 4.87. The molecule has 1 aromatic carbocycles. The molecule has 0 atom stereocenters. The van der Waals surface area contributed by atoms with Crippen LogP contribution in [0.15, 0.2) is 4.47 Å². The molecule has 0 aliphatic heterocycles. The van der Waals surface area contributed by atoms with Gasteiger partial charge in [-0.25, -0.2) is 0 Å². The van der Waals surface area contributed by atoms with E-state index in [2.05, 4.69) is 50.5 Å². The van der Waals surface area contributed by atoms with Crippen molar-refractivity contribution in [1.82, 2.24) is 0 Å². The minimum Gasteiger partial charge on any atom is -0.0596 e. The van der Waals surface area contributed by atoms with Crippen molar-refractivity contribution in [2.45, 2.75) is 34.6 Å². The van der Waals surface area contributed by atoms with Gasteiger partial charge < -0.3 is 0 Å². The van der Waals surface area contributed by atoms with Crippen molar-refractivity contribution in [2.24, 2.45) is 0 Å². The largest absolute Gasteiger partial charge is 0.179 e. The molecular weight excluding hydrogens is 349 g/mol. The zero-order valence-electron chi connectivity index (χ0n) is 9.96. The van der Waals surface area contributed by atoms with E-state index in [1.54, 1.807) is 0 Å². The third-order valence-corrected chi connectivity index (χ3v) is 4.10. The summed E-state index contributed by atoms with van der Waals surface area (Å²) < 4.78 is 1.27. The quantitative estimate of drug-likeness (QED) is 0.438. The van der Waals surface area contributed by atoms with Crippen LogP contribution in [-0.4, -0.2) is 0 Å². The van der Waals surface area contributed by atoms with Gasteiger partial charge in [0.15, 0.2) is 5.98 Å². The third kappa shape index (κ3) is 4.70. The number of hydrogen-bond donors (Lipinski definition) is 0. The molecule has 0 radical (unpaired) electrons. The van der Waals surface area contributed by atoms with Crippen LogP contribution < -0.4 is 0 Å². The highest BCUT2D eigenvalue weighted by Crippen LogP contribution is 2.51. The van der Waals surface area contributed by atoms with Gasteiger partial charge in [0.2, 0.25) is 0 Å². The van der Waals surface area contributed by atoms with Crippen LogP contribution in [0.5, 0.6) is 0 Å². The lowest BCUT2D eigenvalue weighted by atomic mass is 9.95. The summed E-state index contributed by atoms with van der Waals surface area (Å²) in [6.45, 7) is 10.9. The van der Waals surface area contributed by atoms with Gasteiger partial charge in [-0.15, -0.1) is 0 Å². The Morgan fingerprint density at radius 2 is 0.875 bits per heavy atom. The van der Waals surface area contributed by atoms with Crippen molar-refractivity contribution in [1.29, 1.82) is 0 Å². The molecule has 0 unspecified atom stereocenters. The first-order chi connectivity index (χ1) is 7.20. The van der Waals surface area contributed by atoms with Crippen LogP contribution in [0.2, 0.25) is 0 Å². The second-order valence-electron chi connectivity index (χ2n) is 3.63. The van der Waals surface area contributed by atoms with E-state index in [9.17, 15) is 0 Å². The van der Waals surface area contributed by atoms with E-state index >= 15 is 0 Å². The fourth-order valence-corrected chi connectivity index (χ4v) is 2.05. The minimum absolute atomic E-state index is 1.20. The smallest absolute Gasteiger partial charge is 0.0596 e. The highest BCUT2D eigenvalue weighted by molar-refractivity contribution is 9.10. The van der Waals surface area contributed by atoms with Gasteiger partial charge in [-0.2, -0.15) is 0 Å². The molecule has 0 heterocycles. The number of hydrogen-bond acceptors (Lipinski definition) is 0. The Bertz CT molecular complexity index is 270. The Kier molecular flexibility index (Phi) is 7.90. The fraction of sp³-hybridized carbons (Fsp3) is 0.455. The Labute approximate surface area is 122 Å². The Morgan fingerprint density at radius 3 is 1.12 bits per heavy atom. The Morgan fingerprint density at radius 1 is 0.688 bits per heavy atom. The predicted octanol–water partition coefficient (Wildman–Crippen LogP) is 6.92. The van der Waals surface area contributed by atoms with Crippen LogP contribution >= 0.6 is 55.6 Å². The first kappa shape index (κ1) is 17.0. The molecular formula is C11H15BrCl3P. The van der Waals surface area contributed by atoms with Crippen molar-refractivity contribution in [3.63, 3.8) is 0 Å². The molecule has 0 amide bonds. The maximum atomic E-state index is 4.87. The topological polar surface area (TPSA) is 0 Å². The molecule has 1 aromatic rings. The summed E-state index contributed by atoms with van der Waals surface area (Å²) in [5.41, 5.74) is 6.98. The van der Waals surface area contributed by atoms with E-state index < -0.39 is 5.98 Å². The van der Waals surface area contributed by atoms with Crippen LogP contribution in [0.25, 0.3) is 0 Å². The Hall–Kier alpha value is 1.00.